The molecule has 5 heteroatoms. The number of nitrogens with one attached hydrogen (secondary N) is 1. The molecule has 3 rings (SSSR count). The van der Waals surface area contributed by atoms with Crippen LogP contribution in [0.25, 0.3) is 16.9 Å². The van der Waals surface area contributed by atoms with Crippen LogP contribution >= 0.6 is 0 Å². The lowest BCUT2D eigenvalue weighted by Gasteiger charge is -2.07. The second kappa shape index (κ2) is 8.18. The molecule has 27 heavy (non-hydrogen) atoms. The van der Waals surface area contributed by atoms with E-state index >= 15 is 0 Å². The average Bonchev–Trinajstić information content (AvgIpc) is 3.11. The summed E-state index contributed by atoms with van der Waals surface area (Å²) in [5, 5.41) is 17.0. The Labute approximate surface area is 159 Å². The molecule has 1 aromatic heterocycles. The molecule has 1 heterocycles. The summed E-state index contributed by atoms with van der Waals surface area (Å²) in [6, 6.07) is 16.0. The van der Waals surface area contributed by atoms with Gasteiger partial charge >= 0.3 is 0 Å². The molecule has 1 unspecified atom stereocenters. The summed E-state index contributed by atoms with van der Waals surface area (Å²) in [4.78, 5) is 12.7. The Hall–Kier alpha value is -2.92. The van der Waals surface area contributed by atoms with Crippen LogP contribution in [0.5, 0.6) is 0 Å². The van der Waals surface area contributed by atoms with Gasteiger partial charge in [0.15, 0.2) is 0 Å². The summed E-state index contributed by atoms with van der Waals surface area (Å²) in [7, 11) is 0. The van der Waals surface area contributed by atoms with E-state index in [0.29, 0.717) is 11.3 Å². The molecule has 2 N–H and O–H groups in total. The molecule has 0 saturated heterocycles. The quantitative estimate of drug-likeness (QED) is 0.704. The fourth-order valence-corrected chi connectivity index (χ4v) is 2.93. The van der Waals surface area contributed by atoms with Crippen molar-refractivity contribution in [2.75, 3.05) is 6.54 Å². The van der Waals surface area contributed by atoms with Crippen LogP contribution in [0.4, 0.5) is 0 Å². The third kappa shape index (κ3) is 4.26. The van der Waals surface area contributed by atoms with Crippen LogP contribution < -0.4 is 5.32 Å². The van der Waals surface area contributed by atoms with Crippen LogP contribution in [0.3, 0.4) is 0 Å². The van der Waals surface area contributed by atoms with Crippen LogP contribution in [-0.2, 0) is 6.42 Å². The van der Waals surface area contributed by atoms with Gasteiger partial charge in [0.1, 0.15) is 5.69 Å². The Balaban J connectivity index is 2.05. The number of nitrogens with zero attached hydrogens (tertiary/aromatic N) is 2. The van der Waals surface area contributed by atoms with Gasteiger partial charge in [0.05, 0.1) is 17.4 Å². The van der Waals surface area contributed by atoms with Crippen molar-refractivity contribution < 1.29 is 9.90 Å². The van der Waals surface area contributed by atoms with Gasteiger partial charge in [0, 0.05) is 18.3 Å². The summed E-state index contributed by atoms with van der Waals surface area (Å²) >= 11 is 0. The van der Waals surface area contributed by atoms with Crippen molar-refractivity contribution in [2.24, 2.45) is 0 Å². The highest BCUT2D eigenvalue weighted by Gasteiger charge is 2.19. The van der Waals surface area contributed by atoms with E-state index in [1.54, 1.807) is 17.8 Å². The lowest BCUT2D eigenvalue weighted by molar-refractivity contribution is 0.0924. The van der Waals surface area contributed by atoms with Crippen LogP contribution in [0.15, 0.2) is 54.7 Å². The van der Waals surface area contributed by atoms with Gasteiger partial charge < -0.3 is 10.4 Å². The molecule has 1 amide bonds. The number of aryl methyl sites for hydroxylation is 2. The second-order valence-corrected chi connectivity index (χ2v) is 6.73. The lowest BCUT2D eigenvalue weighted by atomic mass is 10.0. The first kappa shape index (κ1) is 18.9. The summed E-state index contributed by atoms with van der Waals surface area (Å²) in [6.07, 6.45) is 2.11. The first-order valence-electron chi connectivity index (χ1n) is 9.20. The highest BCUT2D eigenvalue weighted by atomic mass is 16.3. The molecule has 0 spiro atoms. The number of aliphatic hydroxyl groups excluding tert-OH is 1. The van der Waals surface area contributed by atoms with E-state index in [0.717, 1.165) is 23.2 Å². The monoisotopic (exact) mass is 363 g/mol. The van der Waals surface area contributed by atoms with E-state index in [9.17, 15) is 9.90 Å². The standard InChI is InChI=1S/C22H25N3O2/c1-4-17-9-11-18(12-10-17)21-19(22(27)23-13-16(3)26)14-25(24-21)20-8-6-5-7-15(20)2/h5-12,14,16,26H,4,13H2,1-3H3,(H,23,27). The zero-order valence-electron chi connectivity index (χ0n) is 15.9. The molecule has 0 radical (unpaired) electrons. The minimum absolute atomic E-state index is 0.197. The van der Waals surface area contributed by atoms with E-state index in [2.05, 4.69) is 24.4 Å². The highest BCUT2D eigenvalue weighted by Crippen LogP contribution is 2.25. The van der Waals surface area contributed by atoms with Gasteiger partial charge in [-0.05, 0) is 37.5 Å². The molecule has 1 atom stereocenters. The number of carbonyl (C=O) groups is 1. The van der Waals surface area contributed by atoms with Gasteiger partial charge in [0.2, 0.25) is 0 Å². The van der Waals surface area contributed by atoms with Crippen LogP contribution in [0.1, 0.15) is 35.3 Å². The van der Waals surface area contributed by atoms with Crippen LogP contribution in [-0.4, -0.2) is 33.4 Å². The predicted molar refractivity (Wildman–Crippen MR) is 107 cm³/mol. The molecule has 3 aromatic rings. The van der Waals surface area contributed by atoms with E-state index in [4.69, 9.17) is 5.10 Å². The molecule has 0 aliphatic rings. The van der Waals surface area contributed by atoms with E-state index in [1.165, 1.54) is 5.56 Å². The van der Waals surface area contributed by atoms with E-state index in [1.807, 2.05) is 43.3 Å². The SMILES string of the molecule is CCc1ccc(-c2nn(-c3ccccc3C)cc2C(=O)NCC(C)O)cc1. The molecule has 0 saturated carbocycles. The Bertz CT molecular complexity index is 927. The summed E-state index contributed by atoms with van der Waals surface area (Å²) < 4.78 is 1.75. The Kier molecular flexibility index (Phi) is 5.72. The smallest absolute Gasteiger partial charge is 0.255 e. The Morgan fingerprint density at radius 3 is 2.52 bits per heavy atom. The molecular weight excluding hydrogens is 338 g/mol. The number of amides is 1. The Morgan fingerprint density at radius 1 is 1.19 bits per heavy atom. The maximum Gasteiger partial charge on any atom is 0.255 e. The topological polar surface area (TPSA) is 67.2 Å². The normalized spacial score (nSPS) is 12.0. The molecule has 140 valence electrons. The van der Waals surface area contributed by atoms with Gasteiger partial charge in [-0.3, -0.25) is 4.79 Å². The van der Waals surface area contributed by atoms with Crippen molar-refractivity contribution in [2.45, 2.75) is 33.3 Å². The molecule has 0 aliphatic heterocycles. The fraction of sp³-hybridized carbons (Fsp3) is 0.273. The summed E-state index contributed by atoms with van der Waals surface area (Å²) in [5.74, 6) is -0.245. The van der Waals surface area contributed by atoms with Gasteiger partial charge in [-0.2, -0.15) is 5.10 Å². The van der Waals surface area contributed by atoms with Crippen molar-refractivity contribution in [3.8, 4) is 16.9 Å². The van der Waals surface area contributed by atoms with Gasteiger partial charge in [-0.15, -0.1) is 0 Å². The minimum atomic E-state index is -0.604. The van der Waals surface area contributed by atoms with Crippen molar-refractivity contribution in [3.63, 3.8) is 0 Å². The predicted octanol–water partition coefficient (Wildman–Crippen LogP) is 3.52. The molecule has 5 nitrogen and oxygen atoms in total. The van der Waals surface area contributed by atoms with Gasteiger partial charge in [0.25, 0.3) is 5.91 Å². The molecule has 0 bridgehead atoms. The first-order valence-corrected chi connectivity index (χ1v) is 9.20. The third-order valence-corrected chi connectivity index (χ3v) is 4.51. The van der Waals surface area contributed by atoms with Crippen molar-refractivity contribution in [1.29, 1.82) is 0 Å². The number of para-hydroxylation sites is 1. The van der Waals surface area contributed by atoms with Crippen molar-refractivity contribution in [1.82, 2.24) is 15.1 Å². The third-order valence-electron chi connectivity index (χ3n) is 4.51. The highest BCUT2D eigenvalue weighted by molar-refractivity contribution is 6.00. The van der Waals surface area contributed by atoms with Crippen LogP contribution in [0.2, 0.25) is 0 Å². The lowest BCUT2D eigenvalue weighted by Crippen LogP contribution is -2.30. The van der Waals surface area contributed by atoms with Gasteiger partial charge in [-0.25, -0.2) is 4.68 Å². The number of aliphatic hydroxyl groups is 1. The zero-order chi connectivity index (χ0) is 19.4. The number of hydrogen-bond donors (Lipinski definition) is 2. The fourth-order valence-electron chi connectivity index (χ4n) is 2.93. The molecule has 0 aliphatic carbocycles. The van der Waals surface area contributed by atoms with Crippen molar-refractivity contribution >= 4 is 5.91 Å². The number of aromatic nitrogens is 2. The molecule has 2 aromatic carbocycles. The van der Waals surface area contributed by atoms with Crippen molar-refractivity contribution in [3.05, 3.63) is 71.4 Å². The van der Waals surface area contributed by atoms with E-state index in [-0.39, 0.29) is 12.5 Å². The zero-order valence-corrected chi connectivity index (χ0v) is 15.9. The first-order chi connectivity index (χ1) is 13.0. The number of rotatable bonds is 6. The van der Waals surface area contributed by atoms with Gasteiger partial charge in [-0.1, -0.05) is 49.4 Å². The number of hydrogen-bond acceptors (Lipinski definition) is 3. The summed E-state index contributed by atoms with van der Waals surface area (Å²) in [5.41, 5.74) is 5.24. The molecular formula is C22H25N3O2. The Morgan fingerprint density at radius 2 is 1.89 bits per heavy atom. The van der Waals surface area contributed by atoms with Crippen LogP contribution in [0, 0.1) is 6.92 Å². The maximum atomic E-state index is 12.7. The largest absolute Gasteiger partial charge is 0.392 e. The summed E-state index contributed by atoms with van der Waals surface area (Å²) in [6.45, 7) is 5.96. The maximum absolute atomic E-state index is 12.7. The number of carbonyl (C=O) groups excluding carboxylic acids is 1. The molecule has 0 fully saturated rings. The minimum Gasteiger partial charge on any atom is -0.392 e. The number of benzene rings is 2. The second-order valence-electron chi connectivity index (χ2n) is 6.73. The van der Waals surface area contributed by atoms with E-state index < -0.39 is 6.10 Å². The average molecular weight is 363 g/mol.